The van der Waals surface area contributed by atoms with E-state index in [0.717, 1.165) is 5.76 Å². The maximum atomic E-state index is 11.7. The number of hydrogen-bond donors (Lipinski definition) is 1. The summed E-state index contributed by atoms with van der Waals surface area (Å²) < 4.78 is 21.9. The molecule has 1 fully saturated rings. The van der Waals surface area contributed by atoms with Crippen LogP contribution >= 0.6 is 0 Å². The number of carbonyl (C=O) groups is 1. The summed E-state index contributed by atoms with van der Waals surface area (Å²) in [5, 5.41) is 3.10. The van der Waals surface area contributed by atoms with Gasteiger partial charge in [0.15, 0.2) is 0 Å². The second kappa shape index (κ2) is 5.01. The maximum Gasteiger partial charge on any atom is 0.323 e. The standard InChI is InChI=1S/C11H15NO4S/c1-7-3-4-10(16-7)8-5-17(14)6-9(12-8)11(13)15-2/h3-4,8-9,12H,5-6H2,1-2H3. The summed E-state index contributed by atoms with van der Waals surface area (Å²) in [6, 6.07) is 2.97. The van der Waals surface area contributed by atoms with E-state index < -0.39 is 16.8 Å². The molecule has 0 amide bonds. The van der Waals surface area contributed by atoms with Gasteiger partial charge < -0.3 is 9.15 Å². The third kappa shape index (κ3) is 2.76. The molecule has 0 bridgehead atoms. The average Bonchev–Trinajstić information content (AvgIpc) is 2.74. The number of aryl methyl sites for hydroxylation is 1. The first-order valence-corrected chi connectivity index (χ1v) is 6.84. The molecule has 2 rings (SSSR count). The van der Waals surface area contributed by atoms with E-state index >= 15 is 0 Å². The van der Waals surface area contributed by atoms with Gasteiger partial charge in [0.2, 0.25) is 0 Å². The number of hydrogen-bond acceptors (Lipinski definition) is 5. The molecule has 0 radical (unpaired) electrons. The topological polar surface area (TPSA) is 68.5 Å². The number of ether oxygens (including phenoxy) is 1. The summed E-state index contributed by atoms with van der Waals surface area (Å²) in [7, 11) is 0.290. The van der Waals surface area contributed by atoms with Crippen LogP contribution in [0, 0.1) is 6.92 Å². The number of nitrogens with one attached hydrogen (secondary N) is 1. The van der Waals surface area contributed by atoms with Gasteiger partial charge in [-0.15, -0.1) is 0 Å². The Hall–Kier alpha value is -1.14. The van der Waals surface area contributed by atoms with Crippen molar-refractivity contribution in [3.8, 4) is 0 Å². The largest absolute Gasteiger partial charge is 0.468 e. The molecule has 1 aliphatic rings. The van der Waals surface area contributed by atoms with Gasteiger partial charge in [-0.2, -0.15) is 0 Å². The van der Waals surface area contributed by atoms with Gasteiger partial charge in [-0.25, -0.2) is 0 Å². The number of methoxy groups -OCH3 is 1. The molecule has 1 aromatic rings. The summed E-state index contributed by atoms with van der Waals surface area (Å²) in [5.74, 6) is 1.88. The molecule has 6 heteroatoms. The lowest BCUT2D eigenvalue weighted by atomic mass is 10.2. The lowest BCUT2D eigenvalue weighted by Gasteiger charge is -2.27. The molecular formula is C11H15NO4S. The van der Waals surface area contributed by atoms with Crippen molar-refractivity contribution in [1.29, 1.82) is 0 Å². The minimum Gasteiger partial charge on any atom is -0.468 e. The monoisotopic (exact) mass is 257 g/mol. The predicted octanol–water partition coefficient (Wildman–Crippen LogP) is 0.523. The molecule has 1 aliphatic heterocycles. The maximum absolute atomic E-state index is 11.7. The fourth-order valence-electron chi connectivity index (χ4n) is 1.86. The molecule has 5 nitrogen and oxygen atoms in total. The fourth-order valence-corrected chi connectivity index (χ4v) is 3.23. The van der Waals surface area contributed by atoms with Crippen molar-refractivity contribution < 1.29 is 18.2 Å². The van der Waals surface area contributed by atoms with E-state index in [4.69, 9.17) is 4.42 Å². The smallest absolute Gasteiger partial charge is 0.323 e. The number of furan rings is 1. The molecule has 1 saturated heterocycles. The normalized spacial score (nSPS) is 28.9. The Morgan fingerprint density at radius 3 is 2.88 bits per heavy atom. The van der Waals surface area contributed by atoms with Crippen molar-refractivity contribution in [2.45, 2.75) is 19.0 Å². The summed E-state index contributed by atoms with van der Waals surface area (Å²) >= 11 is 0. The van der Waals surface area contributed by atoms with Crippen molar-refractivity contribution >= 4 is 16.8 Å². The number of carbonyl (C=O) groups excluding carboxylic acids is 1. The molecule has 0 aliphatic carbocycles. The third-order valence-electron chi connectivity index (χ3n) is 2.70. The van der Waals surface area contributed by atoms with Crippen molar-refractivity contribution in [3.05, 3.63) is 23.7 Å². The van der Waals surface area contributed by atoms with Gasteiger partial charge in [-0.1, -0.05) is 0 Å². The zero-order valence-electron chi connectivity index (χ0n) is 9.76. The van der Waals surface area contributed by atoms with Crippen LogP contribution in [-0.4, -0.2) is 34.8 Å². The Morgan fingerprint density at radius 2 is 2.29 bits per heavy atom. The molecular weight excluding hydrogens is 242 g/mol. The van der Waals surface area contributed by atoms with Gasteiger partial charge in [-0.3, -0.25) is 14.3 Å². The Bertz CT molecular complexity index is 442. The van der Waals surface area contributed by atoms with E-state index in [1.54, 1.807) is 0 Å². The zero-order chi connectivity index (χ0) is 12.4. The van der Waals surface area contributed by atoms with Gasteiger partial charge in [-0.05, 0) is 19.1 Å². The molecule has 3 atom stereocenters. The fraction of sp³-hybridized carbons (Fsp3) is 0.545. The van der Waals surface area contributed by atoms with Crippen molar-refractivity contribution in [2.24, 2.45) is 0 Å². The predicted molar refractivity (Wildman–Crippen MR) is 63.0 cm³/mol. The van der Waals surface area contributed by atoms with Gasteiger partial charge >= 0.3 is 5.97 Å². The van der Waals surface area contributed by atoms with Gasteiger partial charge in [0, 0.05) is 22.3 Å². The average molecular weight is 257 g/mol. The third-order valence-corrected chi connectivity index (χ3v) is 4.11. The highest BCUT2D eigenvalue weighted by molar-refractivity contribution is 7.85. The van der Waals surface area contributed by atoms with Crippen LogP contribution in [-0.2, 0) is 20.3 Å². The molecule has 3 unspecified atom stereocenters. The molecule has 0 saturated carbocycles. The van der Waals surface area contributed by atoms with Crippen molar-refractivity contribution in [2.75, 3.05) is 18.6 Å². The highest BCUT2D eigenvalue weighted by atomic mass is 32.2. The van der Waals surface area contributed by atoms with E-state index in [2.05, 4.69) is 10.1 Å². The van der Waals surface area contributed by atoms with Crippen molar-refractivity contribution in [3.63, 3.8) is 0 Å². The zero-order valence-corrected chi connectivity index (χ0v) is 10.6. The van der Waals surface area contributed by atoms with Crippen LogP contribution in [0.2, 0.25) is 0 Å². The molecule has 0 aromatic carbocycles. The quantitative estimate of drug-likeness (QED) is 0.782. The first-order valence-electron chi connectivity index (χ1n) is 5.35. The SMILES string of the molecule is COC(=O)C1CS(=O)CC(c2ccc(C)o2)N1. The van der Waals surface area contributed by atoms with Crippen LogP contribution in [0.5, 0.6) is 0 Å². The van der Waals surface area contributed by atoms with E-state index in [-0.39, 0.29) is 12.0 Å². The Labute approximate surface area is 102 Å². The lowest BCUT2D eigenvalue weighted by Crippen LogP contribution is -2.49. The first-order chi connectivity index (χ1) is 8.10. The highest BCUT2D eigenvalue weighted by Gasteiger charge is 2.33. The first kappa shape index (κ1) is 12.3. The van der Waals surface area contributed by atoms with Gasteiger partial charge in [0.05, 0.1) is 13.2 Å². The van der Waals surface area contributed by atoms with Crippen LogP contribution < -0.4 is 5.32 Å². The van der Waals surface area contributed by atoms with E-state index in [1.165, 1.54) is 7.11 Å². The minimum atomic E-state index is -1.04. The van der Waals surface area contributed by atoms with Crippen LogP contribution in [0.15, 0.2) is 16.5 Å². The molecule has 2 heterocycles. The highest BCUT2D eigenvalue weighted by Crippen LogP contribution is 2.21. The van der Waals surface area contributed by atoms with E-state index in [1.807, 2.05) is 19.1 Å². The number of rotatable bonds is 2. The Morgan fingerprint density at radius 1 is 1.53 bits per heavy atom. The summed E-state index contributed by atoms with van der Waals surface area (Å²) in [4.78, 5) is 11.4. The Kier molecular flexibility index (Phi) is 3.63. The summed E-state index contributed by atoms with van der Waals surface area (Å²) in [6.45, 7) is 1.85. The second-order valence-electron chi connectivity index (χ2n) is 4.02. The van der Waals surface area contributed by atoms with E-state index in [9.17, 15) is 9.00 Å². The molecule has 94 valence electrons. The molecule has 1 N–H and O–H groups in total. The molecule has 0 spiro atoms. The Balaban J connectivity index is 2.13. The minimum absolute atomic E-state index is 0.192. The summed E-state index contributed by atoms with van der Waals surface area (Å²) in [5.41, 5.74) is 0. The summed E-state index contributed by atoms with van der Waals surface area (Å²) in [6.07, 6.45) is 0. The van der Waals surface area contributed by atoms with Crippen LogP contribution in [0.25, 0.3) is 0 Å². The number of esters is 1. The van der Waals surface area contributed by atoms with Crippen LogP contribution in [0.3, 0.4) is 0 Å². The molecule has 17 heavy (non-hydrogen) atoms. The van der Waals surface area contributed by atoms with Crippen LogP contribution in [0.1, 0.15) is 17.6 Å². The van der Waals surface area contributed by atoms with Gasteiger partial charge in [0.1, 0.15) is 17.6 Å². The molecule has 1 aromatic heterocycles. The van der Waals surface area contributed by atoms with Gasteiger partial charge in [0.25, 0.3) is 0 Å². The van der Waals surface area contributed by atoms with Crippen molar-refractivity contribution in [1.82, 2.24) is 5.32 Å². The lowest BCUT2D eigenvalue weighted by molar-refractivity contribution is -0.142. The van der Waals surface area contributed by atoms with Crippen LogP contribution in [0.4, 0.5) is 0 Å². The van der Waals surface area contributed by atoms with E-state index in [0.29, 0.717) is 17.3 Å². The second-order valence-corrected chi connectivity index (χ2v) is 5.56.